The Bertz CT molecular complexity index is 3600. The quantitative estimate of drug-likeness (QED) is 0.176. The lowest BCUT2D eigenvalue weighted by Crippen LogP contribution is -2.15. The predicted molar refractivity (Wildman–Crippen MR) is 243 cm³/mol. The summed E-state index contributed by atoms with van der Waals surface area (Å²) in [5.74, 6) is 1.95. The van der Waals surface area contributed by atoms with Crippen LogP contribution in [0.3, 0.4) is 0 Å². The molecule has 0 fully saturated rings. The van der Waals surface area contributed by atoms with Gasteiger partial charge in [0.05, 0.1) is 22.1 Å². The van der Waals surface area contributed by atoms with Crippen LogP contribution in [0.4, 0.5) is 0 Å². The Morgan fingerprint density at radius 3 is 1.34 bits per heavy atom. The predicted octanol–water partition coefficient (Wildman–Crippen LogP) is 13.5. The molecule has 0 radical (unpaired) electrons. The Morgan fingerprint density at radius 2 is 0.746 bits per heavy atom. The Morgan fingerprint density at radius 1 is 0.322 bits per heavy atom. The maximum Gasteiger partial charge on any atom is 0.164 e. The maximum atomic E-state index is 5.03. The van der Waals surface area contributed by atoms with Crippen molar-refractivity contribution < 1.29 is 0 Å². The van der Waals surface area contributed by atoms with Crippen molar-refractivity contribution in [2.45, 2.75) is 19.3 Å². The van der Waals surface area contributed by atoms with Crippen molar-refractivity contribution in [1.29, 1.82) is 0 Å². The molecule has 0 spiro atoms. The summed E-state index contributed by atoms with van der Waals surface area (Å²) in [5, 5.41) is 10.6. The molecule has 0 N–H and O–H groups in total. The Labute approximate surface area is 339 Å². The average Bonchev–Trinajstić information content (AvgIpc) is 3.89. The molecule has 276 valence electrons. The molecule has 12 aromatic rings. The Balaban J connectivity index is 1.11. The van der Waals surface area contributed by atoms with E-state index in [2.05, 4.69) is 138 Å². The molecule has 1 aliphatic rings. The molecular weight excluding hydrogens is 719 g/mol. The van der Waals surface area contributed by atoms with Crippen molar-refractivity contribution in [2.24, 2.45) is 0 Å². The van der Waals surface area contributed by atoms with Gasteiger partial charge in [0.2, 0.25) is 0 Å². The van der Waals surface area contributed by atoms with E-state index in [0.717, 1.165) is 28.1 Å². The van der Waals surface area contributed by atoms with Crippen LogP contribution in [-0.4, -0.2) is 24.1 Å². The van der Waals surface area contributed by atoms with Crippen LogP contribution in [-0.2, 0) is 5.41 Å². The van der Waals surface area contributed by atoms with Crippen molar-refractivity contribution in [1.82, 2.24) is 24.1 Å². The molecule has 0 unspecified atom stereocenters. The second-order valence-electron chi connectivity index (χ2n) is 16.4. The summed E-state index contributed by atoms with van der Waals surface area (Å²) < 4.78 is 4.93. The van der Waals surface area contributed by atoms with E-state index < -0.39 is 0 Å². The zero-order valence-electron chi connectivity index (χ0n) is 32.5. The lowest BCUT2D eigenvalue weighted by atomic mass is 9.81. The van der Waals surface area contributed by atoms with Crippen molar-refractivity contribution >= 4 is 65.2 Å². The lowest BCUT2D eigenvalue weighted by Gasteiger charge is -2.22. The fourth-order valence-electron chi connectivity index (χ4n) is 10.3. The van der Waals surface area contributed by atoms with E-state index in [-0.39, 0.29) is 5.41 Å². The second kappa shape index (κ2) is 11.7. The highest BCUT2D eigenvalue weighted by Crippen LogP contribution is 2.54. The fourth-order valence-corrected chi connectivity index (χ4v) is 10.3. The van der Waals surface area contributed by atoms with Crippen LogP contribution in [0.5, 0.6) is 0 Å². The van der Waals surface area contributed by atoms with Crippen LogP contribution in [0, 0.1) is 0 Å². The van der Waals surface area contributed by atoms with Crippen LogP contribution < -0.4 is 0 Å². The van der Waals surface area contributed by atoms with Crippen molar-refractivity contribution in [2.75, 3.05) is 0 Å². The first-order chi connectivity index (χ1) is 29.0. The summed E-state index contributed by atoms with van der Waals surface area (Å²) in [5.41, 5.74) is 12.6. The smallest absolute Gasteiger partial charge is 0.164 e. The van der Waals surface area contributed by atoms with Gasteiger partial charge in [-0.1, -0.05) is 129 Å². The molecule has 0 atom stereocenters. The molecule has 0 bridgehead atoms. The molecule has 9 aromatic carbocycles. The zero-order chi connectivity index (χ0) is 39.0. The molecule has 0 aliphatic heterocycles. The minimum Gasteiger partial charge on any atom is -0.309 e. The van der Waals surface area contributed by atoms with Gasteiger partial charge in [-0.3, -0.25) is 0 Å². The van der Waals surface area contributed by atoms with Gasteiger partial charge in [0.1, 0.15) is 0 Å². The third kappa shape index (κ3) is 4.36. The Kier molecular flexibility index (Phi) is 6.44. The van der Waals surface area contributed by atoms with E-state index in [1.54, 1.807) is 0 Å². The zero-order valence-corrected chi connectivity index (χ0v) is 32.5. The normalized spacial score (nSPS) is 13.4. The standard InChI is InChI=1S/C54H35N5/c1-54(2)39-22-12-20-37-38-21-13-23-41-46(38)48-43(58(41)35-18-10-5-11-19-35)30-31-44-50(48)49-42(29-28-40(54)47(49)45(37)39)59(44)36-26-24-34(25-27-36)53-56-51(32-14-6-3-7-15-32)55-52(57-53)33-16-8-4-9-17-33/h3-31H,1-2H3. The first-order valence-corrected chi connectivity index (χ1v) is 20.3. The Hall–Kier alpha value is -7.63. The van der Waals surface area contributed by atoms with Crippen LogP contribution in [0.2, 0.25) is 0 Å². The summed E-state index contributed by atoms with van der Waals surface area (Å²) in [6.07, 6.45) is 0. The number of rotatable bonds is 5. The van der Waals surface area contributed by atoms with Crippen LogP contribution in [0.1, 0.15) is 25.0 Å². The van der Waals surface area contributed by atoms with E-state index in [4.69, 9.17) is 15.0 Å². The van der Waals surface area contributed by atoms with E-state index in [0.29, 0.717) is 17.5 Å². The van der Waals surface area contributed by atoms with Gasteiger partial charge in [0.25, 0.3) is 0 Å². The molecule has 59 heavy (non-hydrogen) atoms. The van der Waals surface area contributed by atoms with Gasteiger partial charge in [0, 0.05) is 55.0 Å². The summed E-state index contributed by atoms with van der Waals surface area (Å²) in [4.78, 5) is 15.0. The highest BCUT2D eigenvalue weighted by atomic mass is 15.0. The SMILES string of the molecule is CC1(C)c2cccc3c4cccc5c4c4c6c7c(c1ccc7n(-c1ccc(-c7nc(-c8ccccc8)nc(-c8ccccc8)n7)cc1)c6ccc4n5-c1ccccc1)c23. The molecular formula is C54H35N5. The van der Waals surface area contributed by atoms with E-state index in [1.807, 2.05) is 60.7 Å². The summed E-state index contributed by atoms with van der Waals surface area (Å²) in [6, 6.07) is 63.1. The molecule has 13 rings (SSSR count). The topological polar surface area (TPSA) is 48.5 Å². The minimum atomic E-state index is -0.146. The van der Waals surface area contributed by atoms with Crippen LogP contribution in [0.25, 0.3) is 111 Å². The van der Waals surface area contributed by atoms with Crippen molar-refractivity contribution in [3.63, 3.8) is 0 Å². The third-order valence-electron chi connectivity index (χ3n) is 12.9. The third-order valence-corrected chi connectivity index (χ3v) is 12.9. The van der Waals surface area contributed by atoms with Gasteiger partial charge in [0.15, 0.2) is 17.5 Å². The molecule has 1 aliphatic carbocycles. The molecule has 5 heteroatoms. The summed E-state index contributed by atoms with van der Waals surface area (Å²) in [6.45, 7) is 4.78. The maximum absolute atomic E-state index is 5.03. The number of para-hydroxylation sites is 1. The first kappa shape index (κ1) is 32.5. The van der Waals surface area contributed by atoms with Crippen molar-refractivity contribution in [3.05, 3.63) is 187 Å². The van der Waals surface area contributed by atoms with Gasteiger partial charge >= 0.3 is 0 Å². The average molecular weight is 754 g/mol. The molecule has 0 amide bonds. The van der Waals surface area contributed by atoms with Crippen molar-refractivity contribution in [3.8, 4) is 45.5 Å². The monoisotopic (exact) mass is 753 g/mol. The summed E-state index contributed by atoms with van der Waals surface area (Å²) in [7, 11) is 0. The van der Waals surface area contributed by atoms with Crippen LogP contribution in [0.15, 0.2) is 176 Å². The van der Waals surface area contributed by atoms with E-state index >= 15 is 0 Å². The van der Waals surface area contributed by atoms with Crippen LogP contribution >= 0.6 is 0 Å². The lowest BCUT2D eigenvalue weighted by molar-refractivity contribution is 0.663. The second-order valence-corrected chi connectivity index (χ2v) is 16.4. The number of nitrogens with zero attached hydrogens (tertiary/aromatic N) is 5. The molecule has 5 nitrogen and oxygen atoms in total. The number of hydrogen-bond donors (Lipinski definition) is 0. The molecule has 0 saturated heterocycles. The van der Waals surface area contributed by atoms with Gasteiger partial charge in [-0.2, -0.15) is 0 Å². The van der Waals surface area contributed by atoms with Gasteiger partial charge < -0.3 is 9.13 Å². The first-order valence-electron chi connectivity index (χ1n) is 20.3. The fraction of sp³-hybridized carbons (Fsp3) is 0.0556. The number of fused-ring (bicyclic) bond motifs is 1. The highest BCUT2D eigenvalue weighted by Gasteiger charge is 2.36. The van der Waals surface area contributed by atoms with E-state index in [9.17, 15) is 0 Å². The largest absolute Gasteiger partial charge is 0.309 e. The van der Waals surface area contributed by atoms with Gasteiger partial charge in [-0.25, -0.2) is 15.0 Å². The minimum absolute atomic E-state index is 0.146. The molecule has 3 aromatic heterocycles. The molecule has 0 saturated carbocycles. The van der Waals surface area contributed by atoms with E-state index in [1.165, 1.54) is 76.3 Å². The number of aromatic nitrogens is 5. The number of hydrogen-bond acceptors (Lipinski definition) is 3. The van der Waals surface area contributed by atoms with Gasteiger partial charge in [-0.05, 0) is 93.3 Å². The summed E-state index contributed by atoms with van der Waals surface area (Å²) >= 11 is 0. The highest BCUT2D eigenvalue weighted by molar-refractivity contribution is 6.40. The molecule has 3 heterocycles. The van der Waals surface area contributed by atoms with Gasteiger partial charge in [-0.15, -0.1) is 0 Å². The number of benzene rings is 8.